The number of morpholine rings is 1. The number of ether oxygens (including phenoxy) is 2. The number of nitrogens with one attached hydrogen (secondary N) is 2. The van der Waals surface area contributed by atoms with Crippen LogP contribution in [-0.4, -0.2) is 76.6 Å². The van der Waals surface area contributed by atoms with Crippen LogP contribution in [0.4, 0.5) is 0 Å². The molecule has 0 bridgehead atoms. The van der Waals surface area contributed by atoms with Crippen LogP contribution in [0.5, 0.6) is 0 Å². The molecule has 0 radical (unpaired) electrons. The van der Waals surface area contributed by atoms with Gasteiger partial charge in [0.05, 0.1) is 19.8 Å². The Morgan fingerprint density at radius 1 is 1.33 bits per heavy atom. The van der Waals surface area contributed by atoms with Gasteiger partial charge in [0.2, 0.25) is 0 Å². The zero-order chi connectivity index (χ0) is 14.9. The van der Waals surface area contributed by atoms with Gasteiger partial charge in [-0.05, 0) is 6.42 Å². The van der Waals surface area contributed by atoms with Gasteiger partial charge in [-0.2, -0.15) is 0 Å². The summed E-state index contributed by atoms with van der Waals surface area (Å²) in [6.45, 7) is 10.7. The first-order valence-electron chi connectivity index (χ1n) is 7.80. The molecule has 6 heteroatoms. The van der Waals surface area contributed by atoms with E-state index in [0.29, 0.717) is 18.5 Å². The molecule has 0 aliphatic carbocycles. The molecule has 2 atom stereocenters. The highest BCUT2D eigenvalue weighted by molar-refractivity contribution is 5.79. The zero-order valence-corrected chi connectivity index (χ0v) is 13.0. The number of rotatable bonds is 6. The Labute approximate surface area is 127 Å². The lowest BCUT2D eigenvalue weighted by molar-refractivity contribution is 0.00247. The molecule has 0 spiro atoms. The molecule has 0 aromatic carbocycles. The summed E-state index contributed by atoms with van der Waals surface area (Å²) >= 11 is 0. The second kappa shape index (κ2) is 9.02. The molecule has 2 heterocycles. The maximum atomic E-state index is 5.58. The predicted octanol–water partition coefficient (Wildman–Crippen LogP) is 0.0747. The van der Waals surface area contributed by atoms with Crippen molar-refractivity contribution in [1.29, 1.82) is 0 Å². The predicted molar refractivity (Wildman–Crippen MR) is 84.7 cm³/mol. The van der Waals surface area contributed by atoms with Crippen molar-refractivity contribution in [3.63, 3.8) is 0 Å². The first kappa shape index (κ1) is 16.3. The molecule has 2 rings (SSSR count). The Bertz CT molecular complexity index is 337. The van der Waals surface area contributed by atoms with Gasteiger partial charge in [-0.15, -0.1) is 6.58 Å². The van der Waals surface area contributed by atoms with Gasteiger partial charge < -0.3 is 20.1 Å². The third kappa shape index (κ3) is 4.98. The highest BCUT2D eigenvalue weighted by Crippen LogP contribution is 2.21. The minimum absolute atomic E-state index is 0.471. The monoisotopic (exact) mass is 296 g/mol. The van der Waals surface area contributed by atoms with Crippen molar-refractivity contribution in [2.75, 3.05) is 59.7 Å². The van der Waals surface area contributed by atoms with Gasteiger partial charge in [0.25, 0.3) is 0 Å². The standard InChI is InChI=1S/C15H28N4O2/c1-3-5-17-15(16-2)18-11-14(13-4-8-21-12-13)19-6-9-20-10-7-19/h3,13-14H,1,4-12H2,2H3,(H2,16,17,18). The Kier molecular flexibility index (Phi) is 6.99. The van der Waals surface area contributed by atoms with Crippen LogP contribution < -0.4 is 10.6 Å². The quantitative estimate of drug-likeness (QED) is 0.413. The lowest BCUT2D eigenvalue weighted by atomic mass is 9.97. The lowest BCUT2D eigenvalue weighted by Gasteiger charge is -2.37. The van der Waals surface area contributed by atoms with E-state index in [9.17, 15) is 0 Å². The van der Waals surface area contributed by atoms with E-state index in [4.69, 9.17) is 9.47 Å². The average Bonchev–Trinajstić information content (AvgIpc) is 3.06. The SMILES string of the molecule is C=CCNC(=NC)NCC(C1CCOC1)N1CCOCC1. The van der Waals surface area contributed by atoms with Crippen molar-refractivity contribution in [1.82, 2.24) is 15.5 Å². The van der Waals surface area contributed by atoms with E-state index in [1.165, 1.54) is 0 Å². The summed E-state index contributed by atoms with van der Waals surface area (Å²) in [6.07, 6.45) is 2.97. The van der Waals surface area contributed by atoms with E-state index in [1.54, 1.807) is 7.05 Å². The smallest absolute Gasteiger partial charge is 0.191 e. The van der Waals surface area contributed by atoms with Crippen LogP contribution in [0.2, 0.25) is 0 Å². The molecule has 120 valence electrons. The summed E-state index contributed by atoms with van der Waals surface area (Å²) in [5, 5.41) is 6.65. The van der Waals surface area contributed by atoms with Crippen LogP contribution in [0, 0.1) is 5.92 Å². The van der Waals surface area contributed by atoms with Crippen LogP contribution in [-0.2, 0) is 9.47 Å². The van der Waals surface area contributed by atoms with Crippen molar-refractivity contribution < 1.29 is 9.47 Å². The first-order chi connectivity index (χ1) is 10.3. The molecule has 0 amide bonds. The number of nitrogens with zero attached hydrogens (tertiary/aromatic N) is 2. The molecule has 0 saturated carbocycles. The number of hydrogen-bond donors (Lipinski definition) is 2. The molecule has 2 unspecified atom stereocenters. The molecule has 2 saturated heterocycles. The molecule has 0 aromatic heterocycles. The fraction of sp³-hybridized carbons (Fsp3) is 0.800. The van der Waals surface area contributed by atoms with Gasteiger partial charge in [0.15, 0.2) is 5.96 Å². The van der Waals surface area contributed by atoms with Crippen LogP contribution >= 0.6 is 0 Å². The summed E-state index contributed by atoms with van der Waals surface area (Å²) in [4.78, 5) is 6.77. The van der Waals surface area contributed by atoms with Crippen LogP contribution in [0.25, 0.3) is 0 Å². The second-order valence-electron chi connectivity index (χ2n) is 5.46. The maximum absolute atomic E-state index is 5.58. The maximum Gasteiger partial charge on any atom is 0.191 e. The van der Waals surface area contributed by atoms with E-state index in [-0.39, 0.29) is 0 Å². The summed E-state index contributed by atoms with van der Waals surface area (Å²) in [5.41, 5.74) is 0. The van der Waals surface area contributed by atoms with E-state index >= 15 is 0 Å². The lowest BCUT2D eigenvalue weighted by Crippen LogP contribution is -2.53. The zero-order valence-electron chi connectivity index (χ0n) is 13.0. The second-order valence-corrected chi connectivity index (χ2v) is 5.46. The summed E-state index contributed by atoms with van der Waals surface area (Å²) in [7, 11) is 1.79. The summed E-state index contributed by atoms with van der Waals surface area (Å²) in [5.74, 6) is 1.42. The van der Waals surface area contributed by atoms with Gasteiger partial charge in [-0.3, -0.25) is 9.89 Å². The Hall–Kier alpha value is -1.11. The van der Waals surface area contributed by atoms with E-state index in [1.807, 2.05) is 6.08 Å². The van der Waals surface area contributed by atoms with Crippen molar-refractivity contribution in [3.8, 4) is 0 Å². The first-order valence-corrected chi connectivity index (χ1v) is 7.80. The normalized spacial score (nSPS) is 25.6. The highest BCUT2D eigenvalue weighted by atomic mass is 16.5. The topological polar surface area (TPSA) is 58.1 Å². The Morgan fingerprint density at radius 3 is 2.76 bits per heavy atom. The molecule has 2 aliphatic heterocycles. The number of hydrogen-bond acceptors (Lipinski definition) is 4. The van der Waals surface area contributed by atoms with Crippen molar-refractivity contribution in [3.05, 3.63) is 12.7 Å². The van der Waals surface area contributed by atoms with Crippen LogP contribution in [0.3, 0.4) is 0 Å². The van der Waals surface area contributed by atoms with Gasteiger partial charge in [0, 0.05) is 51.8 Å². The molecule has 0 aromatic rings. The van der Waals surface area contributed by atoms with Crippen LogP contribution in [0.15, 0.2) is 17.6 Å². The van der Waals surface area contributed by atoms with Crippen LogP contribution in [0.1, 0.15) is 6.42 Å². The van der Waals surface area contributed by atoms with E-state index < -0.39 is 0 Å². The summed E-state index contributed by atoms with van der Waals surface area (Å²) in [6, 6.07) is 0.471. The fourth-order valence-electron chi connectivity index (χ4n) is 2.95. The molecular formula is C15H28N4O2. The van der Waals surface area contributed by atoms with E-state index in [2.05, 4.69) is 27.1 Å². The van der Waals surface area contributed by atoms with Gasteiger partial charge in [-0.25, -0.2) is 0 Å². The van der Waals surface area contributed by atoms with Crippen molar-refractivity contribution >= 4 is 5.96 Å². The molecular weight excluding hydrogens is 268 g/mol. The largest absolute Gasteiger partial charge is 0.381 e. The molecule has 2 N–H and O–H groups in total. The number of aliphatic imine (C=N–C) groups is 1. The Balaban J connectivity index is 1.89. The molecule has 21 heavy (non-hydrogen) atoms. The Morgan fingerprint density at radius 2 is 2.14 bits per heavy atom. The minimum Gasteiger partial charge on any atom is -0.381 e. The fourth-order valence-corrected chi connectivity index (χ4v) is 2.95. The van der Waals surface area contributed by atoms with Gasteiger partial charge >= 0.3 is 0 Å². The van der Waals surface area contributed by atoms with E-state index in [0.717, 1.165) is 58.4 Å². The van der Waals surface area contributed by atoms with Crippen molar-refractivity contribution in [2.24, 2.45) is 10.9 Å². The third-order valence-electron chi connectivity index (χ3n) is 4.14. The third-order valence-corrected chi connectivity index (χ3v) is 4.14. The number of guanidine groups is 1. The highest BCUT2D eigenvalue weighted by Gasteiger charge is 2.31. The van der Waals surface area contributed by atoms with Crippen molar-refractivity contribution in [2.45, 2.75) is 12.5 Å². The molecule has 2 aliphatic rings. The minimum atomic E-state index is 0.471. The molecule has 6 nitrogen and oxygen atoms in total. The van der Waals surface area contributed by atoms with Gasteiger partial charge in [-0.1, -0.05) is 6.08 Å². The van der Waals surface area contributed by atoms with Gasteiger partial charge in [0.1, 0.15) is 0 Å². The molecule has 2 fully saturated rings. The average molecular weight is 296 g/mol. The summed E-state index contributed by atoms with van der Waals surface area (Å²) < 4.78 is 11.1.